The number of aromatic nitrogens is 3. The maximum Gasteiger partial charge on any atom is 0.223 e. The quantitative estimate of drug-likeness (QED) is 0.887. The Bertz CT molecular complexity index is 480. The molecule has 0 radical (unpaired) electrons. The van der Waals surface area contributed by atoms with Crippen molar-refractivity contribution in [1.82, 2.24) is 15.0 Å². The van der Waals surface area contributed by atoms with Crippen LogP contribution in [0.25, 0.3) is 0 Å². The van der Waals surface area contributed by atoms with E-state index in [0.717, 1.165) is 16.4 Å². The van der Waals surface area contributed by atoms with Gasteiger partial charge >= 0.3 is 0 Å². The number of rotatable bonds is 3. The monoisotopic (exact) mass is 234 g/mol. The van der Waals surface area contributed by atoms with Crippen LogP contribution in [0.15, 0.2) is 17.6 Å². The highest BCUT2D eigenvalue weighted by Crippen LogP contribution is 2.20. The molecule has 84 valence electrons. The van der Waals surface area contributed by atoms with Crippen molar-refractivity contribution in [2.24, 2.45) is 0 Å². The minimum absolute atomic E-state index is 0.139. The number of hydrogen-bond acceptors (Lipinski definition) is 5. The Morgan fingerprint density at radius 1 is 1.25 bits per heavy atom. The molecule has 1 N–H and O–H groups in total. The van der Waals surface area contributed by atoms with Crippen molar-refractivity contribution in [1.29, 1.82) is 0 Å². The minimum atomic E-state index is 0.139. The number of nitrogens with zero attached hydrogens (tertiary/aromatic N) is 3. The molecule has 0 aliphatic heterocycles. The topological polar surface area (TPSA) is 50.7 Å². The van der Waals surface area contributed by atoms with Gasteiger partial charge in [0.25, 0.3) is 0 Å². The van der Waals surface area contributed by atoms with Gasteiger partial charge in [-0.1, -0.05) is 0 Å². The van der Waals surface area contributed by atoms with Gasteiger partial charge in [-0.25, -0.2) is 15.0 Å². The van der Waals surface area contributed by atoms with E-state index < -0.39 is 0 Å². The van der Waals surface area contributed by atoms with Gasteiger partial charge in [0.05, 0.1) is 6.04 Å². The van der Waals surface area contributed by atoms with Crippen LogP contribution in [-0.4, -0.2) is 15.0 Å². The summed E-state index contributed by atoms with van der Waals surface area (Å²) in [6, 6.07) is 2.02. The van der Waals surface area contributed by atoms with Gasteiger partial charge in [0.2, 0.25) is 5.95 Å². The molecule has 5 heteroatoms. The largest absolute Gasteiger partial charge is 0.345 e. The lowest BCUT2D eigenvalue weighted by molar-refractivity contribution is 0.841. The first kappa shape index (κ1) is 11.0. The SMILES string of the molecule is Cc1ccnc(NC(C)c2nc(C)cs2)n1. The molecule has 2 heterocycles. The van der Waals surface area contributed by atoms with E-state index >= 15 is 0 Å². The molecule has 1 atom stereocenters. The van der Waals surface area contributed by atoms with Crippen LogP contribution in [0, 0.1) is 13.8 Å². The van der Waals surface area contributed by atoms with Gasteiger partial charge in [0, 0.05) is 23.0 Å². The summed E-state index contributed by atoms with van der Waals surface area (Å²) in [5.74, 6) is 0.653. The molecule has 16 heavy (non-hydrogen) atoms. The molecule has 0 aromatic carbocycles. The van der Waals surface area contributed by atoms with Gasteiger partial charge in [-0.15, -0.1) is 11.3 Å². The van der Waals surface area contributed by atoms with Crippen LogP contribution in [0.1, 0.15) is 29.4 Å². The number of anilines is 1. The molecule has 0 bridgehead atoms. The molecule has 0 aliphatic rings. The lowest BCUT2D eigenvalue weighted by atomic mass is 10.3. The molecule has 1 unspecified atom stereocenters. The lowest BCUT2D eigenvalue weighted by Crippen LogP contribution is -2.09. The summed E-state index contributed by atoms with van der Waals surface area (Å²) in [5, 5.41) is 6.34. The van der Waals surface area contributed by atoms with Gasteiger partial charge in [0.15, 0.2) is 0 Å². The van der Waals surface area contributed by atoms with Gasteiger partial charge in [-0.2, -0.15) is 0 Å². The Kier molecular flexibility index (Phi) is 3.14. The molecule has 0 saturated carbocycles. The maximum absolute atomic E-state index is 4.43. The van der Waals surface area contributed by atoms with Crippen molar-refractivity contribution in [3.63, 3.8) is 0 Å². The smallest absolute Gasteiger partial charge is 0.223 e. The zero-order chi connectivity index (χ0) is 11.5. The van der Waals surface area contributed by atoms with Gasteiger partial charge < -0.3 is 5.32 Å². The predicted octanol–water partition coefficient (Wildman–Crippen LogP) is 2.72. The Balaban J connectivity index is 2.10. The first-order chi connectivity index (χ1) is 7.65. The van der Waals surface area contributed by atoms with E-state index in [4.69, 9.17) is 0 Å². The normalized spacial score (nSPS) is 12.4. The Hall–Kier alpha value is -1.49. The summed E-state index contributed by atoms with van der Waals surface area (Å²) in [6.07, 6.45) is 1.75. The molecule has 2 aromatic heterocycles. The van der Waals surface area contributed by atoms with Crippen LogP contribution >= 0.6 is 11.3 Å². The van der Waals surface area contributed by atoms with Crippen LogP contribution in [0.3, 0.4) is 0 Å². The second kappa shape index (κ2) is 4.57. The summed E-state index contributed by atoms with van der Waals surface area (Å²) >= 11 is 1.65. The minimum Gasteiger partial charge on any atom is -0.345 e. The zero-order valence-electron chi connectivity index (χ0n) is 9.56. The first-order valence-corrected chi connectivity index (χ1v) is 6.01. The van der Waals surface area contributed by atoms with E-state index in [1.54, 1.807) is 17.5 Å². The van der Waals surface area contributed by atoms with E-state index in [2.05, 4.69) is 27.2 Å². The van der Waals surface area contributed by atoms with Crippen molar-refractivity contribution < 1.29 is 0 Å². The number of nitrogens with one attached hydrogen (secondary N) is 1. The Labute approximate surface area is 98.8 Å². The molecular weight excluding hydrogens is 220 g/mol. The second-order valence-corrected chi connectivity index (χ2v) is 4.60. The molecule has 0 fully saturated rings. The molecule has 2 aromatic rings. The average Bonchev–Trinajstić information content (AvgIpc) is 2.65. The van der Waals surface area contributed by atoms with E-state index in [1.165, 1.54) is 0 Å². The summed E-state index contributed by atoms with van der Waals surface area (Å²) in [5.41, 5.74) is 2.01. The van der Waals surface area contributed by atoms with E-state index in [-0.39, 0.29) is 6.04 Å². The number of aryl methyl sites for hydroxylation is 2. The number of hydrogen-bond donors (Lipinski definition) is 1. The standard InChI is InChI=1S/C11H14N4S/c1-7-4-5-12-11(14-7)15-9(3)10-13-8(2)6-16-10/h4-6,9H,1-3H3,(H,12,14,15). The maximum atomic E-state index is 4.43. The molecule has 2 rings (SSSR count). The van der Waals surface area contributed by atoms with Crippen LogP contribution in [-0.2, 0) is 0 Å². The molecule has 0 spiro atoms. The summed E-state index contributed by atoms with van der Waals surface area (Å²) in [7, 11) is 0. The summed E-state index contributed by atoms with van der Waals surface area (Å²) in [4.78, 5) is 12.9. The molecule has 0 aliphatic carbocycles. The van der Waals surface area contributed by atoms with E-state index in [0.29, 0.717) is 5.95 Å². The van der Waals surface area contributed by atoms with Crippen LogP contribution in [0.4, 0.5) is 5.95 Å². The Morgan fingerprint density at radius 3 is 2.69 bits per heavy atom. The van der Waals surface area contributed by atoms with Crippen LogP contribution in [0.2, 0.25) is 0 Å². The van der Waals surface area contributed by atoms with E-state index in [9.17, 15) is 0 Å². The molecular formula is C11H14N4S. The van der Waals surface area contributed by atoms with Gasteiger partial charge in [0.1, 0.15) is 5.01 Å². The highest BCUT2D eigenvalue weighted by atomic mass is 32.1. The fourth-order valence-electron chi connectivity index (χ4n) is 1.34. The fourth-order valence-corrected chi connectivity index (χ4v) is 2.15. The highest BCUT2D eigenvalue weighted by Gasteiger charge is 2.10. The predicted molar refractivity (Wildman–Crippen MR) is 65.7 cm³/mol. The zero-order valence-corrected chi connectivity index (χ0v) is 10.4. The average molecular weight is 234 g/mol. The molecule has 4 nitrogen and oxygen atoms in total. The van der Waals surface area contributed by atoms with Gasteiger partial charge in [-0.05, 0) is 26.8 Å². The van der Waals surface area contributed by atoms with Crippen LogP contribution < -0.4 is 5.32 Å². The summed E-state index contributed by atoms with van der Waals surface area (Å²) in [6.45, 7) is 6.00. The van der Waals surface area contributed by atoms with Crippen molar-refractivity contribution in [3.8, 4) is 0 Å². The van der Waals surface area contributed by atoms with Crippen molar-refractivity contribution in [2.75, 3.05) is 5.32 Å². The van der Waals surface area contributed by atoms with Gasteiger partial charge in [-0.3, -0.25) is 0 Å². The molecule has 0 saturated heterocycles. The first-order valence-electron chi connectivity index (χ1n) is 5.13. The summed E-state index contributed by atoms with van der Waals surface area (Å²) < 4.78 is 0. The van der Waals surface area contributed by atoms with Crippen molar-refractivity contribution >= 4 is 17.3 Å². The lowest BCUT2D eigenvalue weighted by Gasteiger charge is -2.10. The second-order valence-electron chi connectivity index (χ2n) is 3.71. The van der Waals surface area contributed by atoms with Crippen molar-refractivity contribution in [3.05, 3.63) is 34.0 Å². The molecule has 0 amide bonds. The van der Waals surface area contributed by atoms with E-state index in [1.807, 2.05) is 25.3 Å². The number of thiazole rings is 1. The third-order valence-electron chi connectivity index (χ3n) is 2.15. The third kappa shape index (κ3) is 2.55. The highest BCUT2D eigenvalue weighted by molar-refractivity contribution is 7.09. The Morgan fingerprint density at radius 2 is 2.06 bits per heavy atom. The van der Waals surface area contributed by atoms with Crippen molar-refractivity contribution in [2.45, 2.75) is 26.8 Å². The van der Waals surface area contributed by atoms with Crippen LogP contribution in [0.5, 0.6) is 0 Å². The third-order valence-corrected chi connectivity index (χ3v) is 3.29. The fraction of sp³-hybridized carbons (Fsp3) is 0.364.